The summed E-state index contributed by atoms with van der Waals surface area (Å²) >= 11 is 3.45. The maximum absolute atomic E-state index is 13.1. The molecule has 1 fully saturated rings. The molecule has 2 aromatic rings. The number of aromatic nitrogens is 4. The van der Waals surface area contributed by atoms with Gasteiger partial charge in [0.2, 0.25) is 15.9 Å². The molecule has 1 saturated heterocycles. The molecule has 3 heterocycles. The highest BCUT2D eigenvalue weighted by atomic mass is 79.9. The molecule has 1 aliphatic heterocycles. The van der Waals surface area contributed by atoms with E-state index in [1.54, 1.807) is 22.5 Å². The number of hydrogen-bond acceptors (Lipinski definition) is 5. The summed E-state index contributed by atoms with van der Waals surface area (Å²) in [5.41, 5.74) is 1.23. The van der Waals surface area contributed by atoms with Gasteiger partial charge >= 0.3 is 0 Å². The number of halogens is 1. The number of sulfonamides is 1. The summed E-state index contributed by atoms with van der Waals surface area (Å²) in [6, 6.07) is 0. The standard InChI is InChI=1S/C18H27BrN6O3S/c1-4-23-11-15(19)16(22-23)9-20-18(26)14-7-6-8-25(10-14)29(27,28)17-12-24(5-2)21-13(17)3/h11-12,14H,4-10H2,1-3H3,(H,20,26). The Kier molecular flexibility index (Phi) is 6.79. The Bertz CT molecular complexity index is 984. The number of carbonyl (C=O) groups excluding carboxylic acids is 1. The summed E-state index contributed by atoms with van der Waals surface area (Å²) in [5.74, 6) is -0.532. The fraction of sp³-hybridized carbons (Fsp3) is 0.611. The lowest BCUT2D eigenvalue weighted by molar-refractivity contribution is -0.126. The van der Waals surface area contributed by atoms with Crippen LogP contribution >= 0.6 is 15.9 Å². The summed E-state index contributed by atoms with van der Waals surface area (Å²) in [7, 11) is -3.68. The van der Waals surface area contributed by atoms with Gasteiger partial charge in [-0.1, -0.05) is 0 Å². The van der Waals surface area contributed by atoms with E-state index in [2.05, 4.69) is 31.4 Å². The molecule has 0 aliphatic carbocycles. The number of rotatable bonds is 7. The highest BCUT2D eigenvalue weighted by Crippen LogP contribution is 2.25. The first-order valence-corrected chi connectivity index (χ1v) is 12.0. The molecule has 0 spiro atoms. The minimum atomic E-state index is -3.68. The molecule has 11 heteroatoms. The van der Waals surface area contributed by atoms with E-state index in [0.29, 0.717) is 38.2 Å². The maximum Gasteiger partial charge on any atom is 0.246 e. The van der Waals surface area contributed by atoms with Crippen LogP contribution in [-0.4, -0.2) is 51.3 Å². The minimum Gasteiger partial charge on any atom is -0.350 e. The van der Waals surface area contributed by atoms with E-state index < -0.39 is 10.0 Å². The zero-order valence-electron chi connectivity index (χ0n) is 16.9. The summed E-state index contributed by atoms with van der Waals surface area (Å²) in [6.45, 7) is 7.83. The predicted molar refractivity (Wildman–Crippen MR) is 112 cm³/mol. The summed E-state index contributed by atoms with van der Waals surface area (Å²) < 4.78 is 31.8. The average molecular weight is 487 g/mol. The van der Waals surface area contributed by atoms with E-state index in [1.807, 2.05) is 20.0 Å². The van der Waals surface area contributed by atoms with E-state index >= 15 is 0 Å². The van der Waals surface area contributed by atoms with Gasteiger partial charge in [-0.2, -0.15) is 14.5 Å². The molecule has 3 rings (SSSR count). The molecule has 0 aromatic carbocycles. The van der Waals surface area contributed by atoms with Gasteiger partial charge in [0.15, 0.2) is 0 Å². The van der Waals surface area contributed by atoms with E-state index in [4.69, 9.17) is 0 Å². The van der Waals surface area contributed by atoms with Crippen molar-refractivity contribution in [1.29, 1.82) is 0 Å². The van der Waals surface area contributed by atoms with Gasteiger partial charge in [-0.15, -0.1) is 0 Å². The SMILES string of the molecule is CCn1cc(S(=O)(=O)N2CCCC(C(=O)NCc3nn(CC)cc3Br)C2)c(C)n1. The zero-order chi connectivity index (χ0) is 21.2. The second-order valence-corrected chi connectivity index (χ2v) is 9.89. The van der Waals surface area contributed by atoms with Crippen molar-refractivity contribution in [3.8, 4) is 0 Å². The van der Waals surface area contributed by atoms with Crippen molar-refractivity contribution in [3.63, 3.8) is 0 Å². The smallest absolute Gasteiger partial charge is 0.246 e. The van der Waals surface area contributed by atoms with Gasteiger partial charge in [0.1, 0.15) is 4.90 Å². The Morgan fingerprint density at radius 3 is 2.55 bits per heavy atom. The summed E-state index contributed by atoms with van der Waals surface area (Å²) in [5, 5.41) is 11.5. The number of nitrogens with zero attached hydrogens (tertiary/aromatic N) is 5. The van der Waals surface area contributed by atoms with Crippen LogP contribution in [0.15, 0.2) is 21.8 Å². The summed E-state index contributed by atoms with van der Waals surface area (Å²) in [4.78, 5) is 12.9. The van der Waals surface area contributed by atoms with Crippen LogP contribution in [0.5, 0.6) is 0 Å². The molecule has 1 atom stereocenters. The highest BCUT2D eigenvalue weighted by molar-refractivity contribution is 9.10. The van der Waals surface area contributed by atoms with Crippen LogP contribution in [0.25, 0.3) is 0 Å². The van der Waals surface area contributed by atoms with Crippen molar-refractivity contribution >= 4 is 31.9 Å². The van der Waals surface area contributed by atoms with Crippen LogP contribution in [0, 0.1) is 12.8 Å². The molecule has 1 aliphatic rings. The fourth-order valence-corrected chi connectivity index (χ4v) is 5.61. The van der Waals surface area contributed by atoms with Crippen LogP contribution in [-0.2, 0) is 34.5 Å². The normalized spacial score (nSPS) is 18.1. The Morgan fingerprint density at radius 2 is 1.93 bits per heavy atom. The first kappa shape index (κ1) is 22.0. The number of amides is 1. The Balaban J connectivity index is 1.67. The van der Waals surface area contributed by atoms with E-state index in [1.165, 1.54) is 4.31 Å². The second kappa shape index (κ2) is 8.97. The lowest BCUT2D eigenvalue weighted by Gasteiger charge is -2.31. The maximum atomic E-state index is 13.1. The molecular weight excluding hydrogens is 460 g/mol. The topological polar surface area (TPSA) is 102 Å². The van der Waals surface area contributed by atoms with Crippen LogP contribution in [0.3, 0.4) is 0 Å². The third-order valence-corrected chi connectivity index (χ3v) is 7.77. The van der Waals surface area contributed by atoms with Crippen LogP contribution in [0.1, 0.15) is 38.1 Å². The van der Waals surface area contributed by atoms with E-state index in [0.717, 1.165) is 16.7 Å². The molecule has 9 nitrogen and oxygen atoms in total. The highest BCUT2D eigenvalue weighted by Gasteiger charge is 2.35. The van der Waals surface area contributed by atoms with Gasteiger partial charge in [0.25, 0.3) is 0 Å². The molecule has 1 N–H and O–H groups in total. The summed E-state index contributed by atoms with van der Waals surface area (Å²) in [6.07, 6.45) is 4.74. The zero-order valence-corrected chi connectivity index (χ0v) is 19.3. The monoisotopic (exact) mass is 486 g/mol. The molecular formula is C18H27BrN6O3S. The van der Waals surface area contributed by atoms with Crippen LogP contribution < -0.4 is 5.32 Å². The fourth-order valence-electron chi connectivity index (χ4n) is 3.46. The van der Waals surface area contributed by atoms with Crippen LogP contribution in [0.2, 0.25) is 0 Å². The predicted octanol–water partition coefficient (Wildman–Crippen LogP) is 1.91. The number of carbonyl (C=O) groups is 1. The molecule has 0 saturated carbocycles. The van der Waals surface area contributed by atoms with E-state index in [9.17, 15) is 13.2 Å². The van der Waals surface area contributed by atoms with Crippen molar-refractivity contribution in [2.45, 2.75) is 58.1 Å². The molecule has 0 radical (unpaired) electrons. The number of piperidine rings is 1. The van der Waals surface area contributed by atoms with Crippen molar-refractivity contribution in [1.82, 2.24) is 29.2 Å². The Morgan fingerprint density at radius 1 is 1.24 bits per heavy atom. The average Bonchev–Trinajstić information content (AvgIpc) is 3.28. The van der Waals surface area contributed by atoms with Crippen molar-refractivity contribution in [3.05, 3.63) is 28.3 Å². The van der Waals surface area contributed by atoms with Gasteiger partial charge < -0.3 is 5.32 Å². The quantitative estimate of drug-likeness (QED) is 0.643. The number of nitrogens with one attached hydrogen (secondary N) is 1. The van der Waals surface area contributed by atoms with E-state index in [-0.39, 0.29) is 23.3 Å². The largest absolute Gasteiger partial charge is 0.350 e. The minimum absolute atomic E-state index is 0.149. The lowest BCUT2D eigenvalue weighted by atomic mass is 9.99. The number of hydrogen-bond donors (Lipinski definition) is 1. The second-order valence-electron chi connectivity index (χ2n) is 7.13. The Labute approximate surface area is 179 Å². The first-order chi connectivity index (χ1) is 13.8. The first-order valence-electron chi connectivity index (χ1n) is 9.80. The van der Waals surface area contributed by atoms with Crippen molar-refractivity contribution < 1.29 is 13.2 Å². The third-order valence-electron chi connectivity index (χ3n) is 5.14. The molecule has 29 heavy (non-hydrogen) atoms. The van der Waals surface area contributed by atoms with Crippen molar-refractivity contribution in [2.24, 2.45) is 5.92 Å². The number of aryl methyl sites for hydroxylation is 3. The van der Waals surface area contributed by atoms with Gasteiger partial charge in [-0.3, -0.25) is 14.2 Å². The van der Waals surface area contributed by atoms with Gasteiger partial charge in [-0.05, 0) is 49.5 Å². The molecule has 1 unspecified atom stereocenters. The molecule has 2 aromatic heterocycles. The third kappa shape index (κ3) is 4.72. The molecule has 0 bridgehead atoms. The van der Waals surface area contributed by atoms with Crippen molar-refractivity contribution in [2.75, 3.05) is 13.1 Å². The van der Waals surface area contributed by atoms with Gasteiger partial charge in [-0.25, -0.2) is 8.42 Å². The van der Waals surface area contributed by atoms with Crippen LogP contribution in [0.4, 0.5) is 0 Å². The molecule has 1 amide bonds. The van der Waals surface area contributed by atoms with Gasteiger partial charge in [0.05, 0.1) is 28.3 Å². The lowest BCUT2D eigenvalue weighted by Crippen LogP contribution is -2.45. The van der Waals surface area contributed by atoms with Gasteiger partial charge in [0, 0.05) is 38.6 Å². The Hall–Kier alpha value is -1.72. The molecule has 160 valence electrons.